The van der Waals surface area contributed by atoms with E-state index in [-0.39, 0.29) is 23.5 Å². The number of phenolic OH excluding ortho intramolecular Hbond substituents is 2. The standard InChI is InChI=1S/C20H27N5O8S/c21-4-3-9-6-23-11-5-13(26)17(30)18(16(9)11)34-8-12(19(31)24-7-15(28)29)25-14(27)2-1-10(22)20(32)33/h5-6,10,12,23,26,30H,1-4,7-8,21-22H2,(H,24,31)(H,25,27)(H,28,29)(H,32,33). The van der Waals surface area contributed by atoms with Gasteiger partial charge in [-0.1, -0.05) is 0 Å². The molecule has 0 spiro atoms. The maximum Gasteiger partial charge on any atom is 0.322 e. The number of rotatable bonds is 13. The molecule has 34 heavy (non-hydrogen) atoms. The predicted molar refractivity (Wildman–Crippen MR) is 123 cm³/mol. The van der Waals surface area contributed by atoms with E-state index in [4.69, 9.17) is 21.7 Å². The number of benzene rings is 1. The number of amides is 2. The van der Waals surface area contributed by atoms with Gasteiger partial charge in [0.1, 0.15) is 18.6 Å². The number of aromatic hydroxyl groups is 2. The summed E-state index contributed by atoms with van der Waals surface area (Å²) < 4.78 is 0. The van der Waals surface area contributed by atoms with E-state index in [2.05, 4.69) is 15.6 Å². The van der Waals surface area contributed by atoms with Gasteiger partial charge in [0.2, 0.25) is 11.8 Å². The minimum absolute atomic E-state index is 0.137. The van der Waals surface area contributed by atoms with Gasteiger partial charge in [0, 0.05) is 29.8 Å². The third-order valence-electron chi connectivity index (χ3n) is 4.83. The SMILES string of the molecule is NCCc1c[nH]c2cc(O)c(O)c(SCC(NC(=O)CCC(N)C(=O)O)C(=O)NCC(=O)O)c12. The number of phenols is 2. The van der Waals surface area contributed by atoms with Crippen molar-refractivity contribution in [2.75, 3.05) is 18.8 Å². The topological polar surface area (TPSA) is 241 Å². The molecule has 1 aromatic heterocycles. The summed E-state index contributed by atoms with van der Waals surface area (Å²) in [4.78, 5) is 49.7. The highest BCUT2D eigenvalue weighted by molar-refractivity contribution is 7.99. The van der Waals surface area contributed by atoms with Gasteiger partial charge in [-0.15, -0.1) is 11.8 Å². The van der Waals surface area contributed by atoms with E-state index in [1.165, 1.54) is 6.07 Å². The Morgan fingerprint density at radius 2 is 1.88 bits per heavy atom. The van der Waals surface area contributed by atoms with Crippen LogP contribution in [-0.4, -0.2) is 80.1 Å². The number of thioether (sulfide) groups is 1. The summed E-state index contributed by atoms with van der Waals surface area (Å²) >= 11 is 0.965. The Balaban J connectivity index is 2.25. The number of hydrogen-bond acceptors (Lipinski definition) is 9. The molecule has 11 N–H and O–H groups in total. The van der Waals surface area contributed by atoms with Crippen molar-refractivity contribution < 1.29 is 39.6 Å². The fourth-order valence-corrected chi connectivity index (χ4v) is 4.30. The van der Waals surface area contributed by atoms with Gasteiger partial charge in [-0.3, -0.25) is 19.2 Å². The van der Waals surface area contributed by atoms with Gasteiger partial charge < -0.3 is 47.5 Å². The highest BCUT2D eigenvalue weighted by Gasteiger charge is 2.25. The molecule has 0 fully saturated rings. The zero-order chi connectivity index (χ0) is 25.4. The molecule has 2 unspecified atom stereocenters. The number of carboxylic acids is 2. The highest BCUT2D eigenvalue weighted by atomic mass is 32.2. The van der Waals surface area contributed by atoms with Crippen molar-refractivity contribution >= 4 is 46.4 Å². The zero-order valence-corrected chi connectivity index (χ0v) is 18.9. The number of carboxylic acid groups (broad SMARTS) is 2. The molecule has 0 bridgehead atoms. The van der Waals surface area contributed by atoms with Crippen molar-refractivity contribution in [2.45, 2.75) is 36.2 Å². The number of H-pyrrole nitrogens is 1. The molecular formula is C20H27N5O8S. The first-order chi connectivity index (χ1) is 16.0. The van der Waals surface area contributed by atoms with Crippen molar-refractivity contribution in [1.29, 1.82) is 0 Å². The van der Waals surface area contributed by atoms with Crippen molar-refractivity contribution in [1.82, 2.24) is 15.6 Å². The highest BCUT2D eigenvalue weighted by Crippen LogP contribution is 2.43. The van der Waals surface area contributed by atoms with Crippen molar-refractivity contribution in [2.24, 2.45) is 11.5 Å². The molecule has 14 heteroatoms. The minimum atomic E-state index is -1.29. The van der Waals surface area contributed by atoms with Gasteiger partial charge in [-0.05, 0) is 24.9 Å². The molecular weight excluding hydrogens is 470 g/mol. The number of aromatic amines is 1. The Morgan fingerprint density at radius 1 is 1.18 bits per heavy atom. The Hall–Kier alpha value is -3.49. The van der Waals surface area contributed by atoms with Crippen LogP contribution in [0.25, 0.3) is 10.9 Å². The first-order valence-corrected chi connectivity index (χ1v) is 11.2. The number of carbonyl (C=O) groups is 4. The summed E-state index contributed by atoms with van der Waals surface area (Å²) in [6, 6.07) is -1.14. The second-order valence-corrected chi connectivity index (χ2v) is 8.40. The zero-order valence-electron chi connectivity index (χ0n) is 18.0. The number of aromatic nitrogens is 1. The molecule has 2 atom stereocenters. The molecule has 0 aliphatic rings. The molecule has 0 saturated heterocycles. The average molecular weight is 498 g/mol. The summed E-state index contributed by atoms with van der Waals surface area (Å²) in [6.07, 6.45) is 1.71. The van der Waals surface area contributed by atoms with Crippen molar-refractivity contribution in [3.05, 3.63) is 17.8 Å². The number of hydrogen-bond donors (Lipinski definition) is 9. The van der Waals surface area contributed by atoms with Crippen molar-refractivity contribution in [3.63, 3.8) is 0 Å². The van der Waals surface area contributed by atoms with E-state index in [9.17, 15) is 29.4 Å². The van der Waals surface area contributed by atoms with Crippen LogP contribution in [0.4, 0.5) is 0 Å². The van der Waals surface area contributed by atoms with Gasteiger partial charge in [0.05, 0.1) is 10.4 Å². The maximum atomic E-state index is 12.5. The smallest absolute Gasteiger partial charge is 0.322 e. The monoisotopic (exact) mass is 497 g/mol. The van der Waals surface area contributed by atoms with E-state index in [0.29, 0.717) is 23.9 Å². The Morgan fingerprint density at radius 3 is 2.50 bits per heavy atom. The van der Waals surface area contributed by atoms with Crippen LogP contribution < -0.4 is 22.1 Å². The fourth-order valence-electron chi connectivity index (χ4n) is 3.11. The number of fused-ring (bicyclic) bond motifs is 1. The van der Waals surface area contributed by atoms with Crippen LogP contribution in [0.3, 0.4) is 0 Å². The maximum absolute atomic E-state index is 12.5. The van der Waals surface area contributed by atoms with Crippen LogP contribution in [0.1, 0.15) is 18.4 Å². The van der Waals surface area contributed by atoms with Gasteiger partial charge in [0.15, 0.2) is 11.5 Å². The van der Waals surface area contributed by atoms with Crippen LogP contribution in [-0.2, 0) is 25.6 Å². The molecule has 0 radical (unpaired) electrons. The third kappa shape index (κ3) is 7.00. The number of carbonyl (C=O) groups excluding carboxylic acids is 2. The van der Waals surface area contributed by atoms with E-state index in [1.807, 2.05) is 0 Å². The van der Waals surface area contributed by atoms with Crippen molar-refractivity contribution in [3.8, 4) is 11.5 Å². The summed E-state index contributed by atoms with van der Waals surface area (Å²) in [6.45, 7) is -0.354. The first-order valence-electron chi connectivity index (χ1n) is 10.2. The molecule has 1 aromatic carbocycles. The lowest BCUT2D eigenvalue weighted by molar-refractivity contribution is -0.139. The molecule has 0 aliphatic heterocycles. The molecule has 13 nitrogen and oxygen atoms in total. The first kappa shape index (κ1) is 26.8. The predicted octanol–water partition coefficient (Wildman–Crippen LogP) is -0.950. The Kier molecular flexibility index (Phi) is 9.53. The van der Waals surface area contributed by atoms with E-state index < -0.39 is 53.9 Å². The molecule has 2 amide bonds. The van der Waals surface area contributed by atoms with Gasteiger partial charge >= 0.3 is 11.9 Å². The number of aliphatic carboxylic acids is 2. The van der Waals surface area contributed by atoms with Gasteiger partial charge in [-0.25, -0.2) is 0 Å². The molecule has 1 heterocycles. The number of nitrogens with one attached hydrogen (secondary N) is 3. The van der Waals surface area contributed by atoms with Crippen LogP contribution in [0.15, 0.2) is 17.2 Å². The fraction of sp³-hybridized carbons (Fsp3) is 0.400. The summed E-state index contributed by atoms with van der Waals surface area (Å²) in [5, 5.41) is 43.4. The summed E-state index contributed by atoms with van der Waals surface area (Å²) in [5.41, 5.74) is 12.3. The lowest BCUT2D eigenvalue weighted by Crippen LogP contribution is -2.49. The Bertz CT molecular complexity index is 1070. The molecule has 2 rings (SSSR count). The molecule has 2 aromatic rings. The average Bonchev–Trinajstić information content (AvgIpc) is 3.17. The second kappa shape index (κ2) is 12.1. The lowest BCUT2D eigenvalue weighted by Gasteiger charge is -2.19. The Labute approximate surface area is 197 Å². The quantitative estimate of drug-likeness (QED) is 0.121. The largest absolute Gasteiger partial charge is 0.504 e. The van der Waals surface area contributed by atoms with Crippen LogP contribution in [0.2, 0.25) is 0 Å². The lowest BCUT2D eigenvalue weighted by atomic mass is 10.1. The van der Waals surface area contributed by atoms with E-state index >= 15 is 0 Å². The van der Waals surface area contributed by atoms with Crippen LogP contribution in [0, 0.1) is 0 Å². The van der Waals surface area contributed by atoms with Gasteiger partial charge in [-0.2, -0.15) is 0 Å². The number of nitrogens with two attached hydrogens (primary N) is 2. The van der Waals surface area contributed by atoms with Crippen LogP contribution in [0.5, 0.6) is 11.5 Å². The van der Waals surface area contributed by atoms with E-state index in [0.717, 1.165) is 17.3 Å². The third-order valence-corrected chi connectivity index (χ3v) is 6.02. The second-order valence-electron chi connectivity index (χ2n) is 7.37. The van der Waals surface area contributed by atoms with E-state index in [1.54, 1.807) is 6.20 Å². The molecule has 0 aliphatic carbocycles. The molecule has 0 saturated carbocycles. The molecule has 186 valence electrons. The summed E-state index contributed by atoms with van der Waals surface area (Å²) in [5.74, 6) is -4.97. The minimum Gasteiger partial charge on any atom is -0.504 e. The van der Waals surface area contributed by atoms with Crippen LogP contribution >= 0.6 is 11.8 Å². The summed E-state index contributed by atoms with van der Waals surface area (Å²) in [7, 11) is 0. The van der Waals surface area contributed by atoms with Gasteiger partial charge in [0.25, 0.3) is 0 Å². The normalized spacial score (nSPS) is 12.8.